The Hall–Kier alpha value is -3.64. The lowest BCUT2D eigenvalue weighted by atomic mass is 10.00. The van der Waals surface area contributed by atoms with Gasteiger partial charge in [0.15, 0.2) is 0 Å². The number of benzene rings is 2. The van der Waals surface area contributed by atoms with Crippen molar-refractivity contribution in [2.45, 2.75) is 17.2 Å². The molecule has 198 valence electrons. The van der Waals surface area contributed by atoms with Gasteiger partial charge in [-0.25, -0.2) is 14.8 Å². The predicted octanol–water partition coefficient (Wildman–Crippen LogP) is 6.37. The van der Waals surface area contributed by atoms with Gasteiger partial charge < -0.3 is 19.7 Å². The van der Waals surface area contributed by atoms with Crippen LogP contribution in [0.15, 0.2) is 58.9 Å². The van der Waals surface area contributed by atoms with E-state index < -0.39 is 0 Å². The lowest BCUT2D eigenvalue weighted by Crippen LogP contribution is -2.04. The summed E-state index contributed by atoms with van der Waals surface area (Å²) in [5, 5.41) is 32.3. The lowest BCUT2D eigenvalue weighted by Gasteiger charge is -2.16. The van der Waals surface area contributed by atoms with Crippen molar-refractivity contribution in [3.8, 4) is 39.4 Å². The molecule has 4 aromatic rings. The smallest absolute Gasteiger partial charge is 0.256 e. The first-order valence-electron chi connectivity index (χ1n) is 11.8. The van der Waals surface area contributed by atoms with Crippen LogP contribution in [0.25, 0.3) is 26.5 Å². The number of halogens is 1. The maximum atomic E-state index is 10.2. The van der Waals surface area contributed by atoms with Gasteiger partial charge in [-0.3, -0.25) is 0 Å². The molecule has 0 spiro atoms. The molecule has 0 radical (unpaired) electrons. The van der Waals surface area contributed by atoms with Gasteiger partial charge in [-0.15, -0.1) is 11.3 Å². The van der Waals surface area contributed by atoms with Crippen molar-refractivity contribution in [2.75, 3.05) is 26.4 Å². The molecule has 0 fully saturated rings. The van der Waals surface area contributed by atoms with Crippen molar-refractivity contribution in [1.29, 1.82) is 5.26 Å². The van der Waals surface area contributed by atoms with E-state index in [9.17, 15) is 10.4 Å². The van der Waals surface area contributed by atoms with Gasteiger partial charge in [0.25, 0.3) is 5.69 Å². The number of aliphatic hydroxyl groups is 2. The van der Waals surface area contributed by atoms with Crippen LogP contribution in [0.1, 0.15) is 17.7 Å². The van der Waals surface area contributed by atoms with E-state index >= 15 is 0 Å². The topological polar surface area (TPSA) is 113 Å². The van der Waals surface area contributed by atoms with Crippen LogP contribution in [0.3, 0.4) is 0 Å². The van der Waals surface area contributed by atoms with Crippen molar-refractivity contribution in [2.24, 2.45) is 0 Å². The average molecular weight is 579 g/mol. The molecule has 2 aromatic carbocycles. The van der Waals surface area contributed by atoms with Gasteiger partial charge in [-0.1, -0.05) is 47.6 Å². The molecule has 0 saturated heterocycles. The third-order valence-electron chi connectivity index (χ3n) is 5.37. The zero-order chi connectivity index (χ0) is 27.6. The largest absolute Gasteiger partial charge is 0.491 e. The molecule has 2 aromatic heterocycles. The van der Waals surface area contributed by atoms with Crippen LogP contribution in [0.2, 0.25) is 5.02 Å². The second-order valence-electron chi connectivity index (χ2n) is 8.01. The summed E-state index contributed by atoms with van der Waals surface area (Å²) in [5.74, 6) is 1.11. The summed E-state index contributed by atoms with van der Waals surface area (Å²) in [6.07, 6.45) is 0.375. The highest BCUT2D eigenvalue weighted by Gasteiger charge is 2.23. The first-order chi connectivity index (χ1) is 19.1. The van der Waals surface area contributed by atoms with Gasteiger partial charge >= 0.3 is 0 Å². The quantitative estimate of drug-likeness (QED) is 0.113. The van der Waals surface area contributed by atoms with E-state index in [0.717, 1.165) is 16.3 Å². The number of pyridine rings is 1. The second kappa shape index (κ2) is 13.9. The van der Waals surface area contributed by atoms with Gasteiger partial charge in [-0.05, 0) is 29.8 Å². The van der Waals surface area contributed by atoms with Crippen molar-refractivity contribution in [3.05, 3.63) is 81.6 Å². The fourth-order valence-electron chi connectivity index (χ4n) is 3.58. The molecule has 0 unspecified atom stereocenters. The molecule has 0 bridgehead atoms. The molecule has 39 heavy (non-hydrogen) atoms. The number of ether oxygens (including phenoxy) is 2. The van der Waals surface area contributed by atoms with Crippen molar-refractivity contribution in [1.82, 2.24) is 9.97 Å². The third-order valence-corrected chi connectivity index (χ3v) is 7.57. The number of nitrogens with zero attached hydrogens (tertiary/aromatic N) is 4. The lowest BCUT2D eigenvalue weighted by molar-refractivity contribution is 0.201. The summed E-state index contributed by atoms with van der Waals surface area (Å²) in [6.45, 7) is 7.99. The van der Waals surface area contributed by atoms with E-state index in [1.54, 1.807) is 24.3 Å². The minimum absolute atomic E-state index is 0.0623. The van der Waals surface area contributed by atoms with E-state index in [0.29, 0.717) is 39.1 Å². The summed E-state index contributed by atoms with van der Waals surface area (Å²) in [5.41, 5.74) is 3.21. The number of thiazole rings is 1. The Morgan fingerprint density at radius 3 is 2.41 bits per heavy atom. The standard InChI is InChI=1S/C28H23ClN4O4S2/c1-31-25-24(18-5-9-22(10-6-18)36-14-12-35)23(15-30)28(33-26(25)37-13-2-11-34)39-17-21-16-38-27(32-21)19-3-7-20(29)8-4-19/h3-10,16,34-35H,2,11-14,17H2. The minimum atomic E-state index is -0.109. The maximum Gasteiger partial charge on any atom is 0.256 e. The van der Waals surface area contributed by atoms with E-state index in [1.807, 2.05) is 29.6 Å². The highest BCUT2D eigenvalue weighted by Crippen LogP contribution is 2.44. The molecule has 0 aliphatic rings. The van der Waals surface area contributed by atoms with Crippen LogP contribution in [-0.4, -0.2) is 46.6 Å². The molecule has 8 nitrogen and oxygen atoms in total. The maximum absolute atomic E-state index is 10.2. The Bertz CT molecular complexity index is 1500. The van der Waals surface area contributed by atoms with Gasteiger partial charge in [0, 0.05) is 40.3 Å². The van der Waals surface area contributed by atoms with Crippen LogP contribution in [0.5, 0.6) is 11.6 Å². The van der Waals surface area contributed by atoms with Crippen molar-refractivity contribution in [3.63, 3.8) is 0 Å². The predicted molar refractivity (Wildman–Crippen MR) is 153 cm³/mol. The number of hydrogen-bond acceptors (Lipinski definition) is 9. The van der Waals surface area contributed by atoms with Crippen LogP contribution in [0, 0.1) is 17.9 Å². The van der Waals surface area contributed by atoms with Crippen LogP contribution in [-0.2, 0) is 5.75 Å². The monoisotopic (exact) mass is 578 g/mol. The van der Waals surface area contributed by atoms with Crippen LogP contribution >= 0.6 is 34.7 Å². The Kier molecular flexibility index (Phi) is 10.1. The molecule has 4 rings (SSSR count). The number of hydrogen-bond donors (Lipinski definition) is 2. The van der Waals surface area contributed by atoms with E-state index in [4.69, 9.17) is 37.7 Å². The molecule has 0 aliphatic heterocycles. The second-order valence-corrected chi connectivity index (χ2v) is 10.3. The molecule has 0 aliphatic carbocycles. The molecular formula is C28H23ClN4O4S2. The van der Waals surface area contributed by atoms with Gasteiger partial charge in [0.2, 0.25) is 5.88 Å². The number of nitriles is 1. The molecule has 2 heterocycles. The van der Waals surface area contributed by atoms with Crippen LogP contribution < -0.4 is 9.47 Å². The zero-order valence-corrected chi connectivity index (χ0v) is 23.0. The Morgan fingerprint density at radius 1 is 1.00 bits per heavy atom. The summed E-state index contributed by atoms with van der Waals surface area (Å²) in [7, 11) is 0. The fraction of sp³-hybridized carbons (Fsp3) is 0.214. The van der Waals surface area contributed by atoms with E-state index in [-0.39, 0.29) is 43.6 Å². The molecule has 0 atom stereocenters. The Morgan fingerprint density at radius 2 is 1.74 bits per heavy atom. The van der Waals surface area contributed by atoms with Crippen LogP contribution in [0.4, 0.5) is 5.69 Å². The third kappa shape index (κ3) is 7.07. The average Bonchev–Trinajstić information content (AvgIpc) is 3.44. The summed E-state index contributed by atoms with van der Waals surface area (Å²) in [4.78, 5) is 12.9. The summed E-state index contributed by atoms with van der Waals surface area (Å²) in [6, 6.07) is 16.6. The first kappa shape index (κ1) is 28.4. The zero-order valence-electron chi connectivity index (χ0n) is 20.6. The number of aliphatic hydroxyl groups excluding tert-OH is 2. The molecule has 0 amide bonds. The van der Waals surface area contributed by atoms with Gasteiger partial charge in [-0.2, -0.15) is 5.26 Å². The highest BCUT2D eigenvalue weighted by molar-refractivity contribution is 7.98. The highest BCUT2D eigenvalue weighted by atomic mass is 35.5. The molecule has 0 saturated carbocycles. The number of rotatable bonds is 12. The van der Waals surface area contributed by atoms with Gasteiger partial charge in [0.1, 0.15) is 28.5 Å². The SMILES string of the molecule is [C-]#[N+]c1c(OCCCO)nc(SCc2csc(-c3ccc(Cl)cc3)n2)c(C#N)c1-c1ccc(OCCO)cc1. The molecule has 2 N–H and O–H groups in total. The Labute approximate surface area is 239 Å². The van der Waals surface area contributed by atoms with Gasteiger partial charge in [0.05, 0.1) is 31.0 Å². The minimum Gasteiger partial charge on any atom is -0.491 e. The fourth-order valence-corrected chi connectivity index (χ4v) is 5.51. The molecule has 11 heteroatoms. The first-order valence-corrected chi connectivity index (χ1v) is 14.1. The molecular weight excluding hydrogens is 556 g/mol. The van der Waals surface area contributed by atoms with E-state index in [1.165, 1.54) is 23.1 Å². The normalized spacial score (nSPS) is 10.6. The van der Waals surface area contributed by atoms with E-state index in [2.05, 4.69) is 15.9 Å². The van der Waals surface area contributed by atoms with Crippen molar-refractivity contribution >= 4 is 40.4 Å². The number of thioether (sulfide) groups is 1. The summed E-state index contributed by atoms with van der Waals surface area (Å²) < 4.78 is 11.2. The Balaban J connectivity index is 1.69. The van der Waals surface area contributed by atoms with Crippen molar-refractivity contribution < 1.29 is 19.7 Å². The summed E-state index contributed by atoms with van der Waals surface area (Å²) >= 11 is 8.85. The number of aromatic nitrogens is 2.